The van der Waals surface area contributed by atoms with Crippen molar-refractivity contribution in [1.29, 1.82) is 0 Å². The second-order valence-corrected chi connectivity index (χ2v) is 6.51. The Morgan fingerprint density at radius 2 is 1.65 bits per heavy atom. The fraction of sp³-hybridized carbons (Fsp3) is 0.381. The van der Waals surface area contributed by atoms with E-state index in [0.29, 0.717) is 13.0 Å². The molecule has 0 unspecified atom stereocenters. The quantitative estimate of drug-likeness (QED) is 0.765. The highest BCUT2D eigenvalue weighted by Crippen LogP contribution is 2.10. The van der Waals surface area contributed by atoms with Gasteiger partial charge in [-0.15, -0.1) is 0 Å². The molecule has 0 bridgehead atoms. The van der Waals surface area contributed by atoms with Crippen LogP contribution in [0, 0.1) is 5.82 Å². The summed E-state index contributed by atoms with van der Waals surface area (Å²) in [5, 5.41) is 0. The highest BCUT2D eigenvalue weighted by Gasteiger charge is 2.20. The molecule has 0 spiro atoms. The number of piperazine rings is 1. The van der Waals surface area contributed by atoms with Crippen LogP contribution in [-0.2, 0) is 11.2 Å². The molecule has 1 aliphatic heterocycles. The summed E-state index contributed by atoms with van der Waals surface area (Å²) in [7, 11) is 0. The molecule has 138 valence electrons. The number of hydrogen-bond donors (Lipinski definition) is 0. The fourth-order valence-electron chi connectivity index (χ4n) is 3.09. The van der Waals surface area contributed by atoms with Crippen molar-refractivity contribution < 1.29 is 13.9 Å². The van der Waals surface area contributed by atoms with Crippen molar-refractivity contribution in [1.82, 2.24) is 9.80 Å². The predicted octanol–water partition coefficient (Wildman–Crippen LogP) is 2.98. The predicted molar refractivity (Wildman–Crippen MR) is 99.7 cm³/mol. The summed E-state index contributed by atoms with van der Waals surface area (Å²) in [6, 6.07) is 16.2. The molecule has 0 saturated carbocycles. The van der Waals surface area contributed by atoms with Gasteiger partial charge in [-0.25, -0.2) is 4.39 Å². The van der Waals surface area contributed by atoms with Crippen molar-refractivity contribution in [2.75, 3.05) is 39.3 Å². The SMILES string of the molecule is O=C(CCOc1ccccc1)N1CCN(CCc2ccc(F)cc2)CC1. The lowest BCUT2D eigenvalue weighted by Crippen LogP contribution is -2.49. The number of para-hydroxylation sites is 1. The number of carbonyl (C=O) groups is 1. The second-order valence-electron chi connectivity index (χ2n) is 6.51. The van der Waals surface area contributed by atoms with Crippen LogP contribution in [0.25, 0.3) is 0 Å². The summed E-state index contributed by atoms with van der Waals surface area (Å²) in [6.45, 7) is 4.62. The molecule has 1 heterocycles. The first-order valence-corrected chi connectivity index (χ1v) is 9.13. The van der Waals surface area contributed by atoms with Gasteiger partial charge in [0, 0.05) is 32.7 Å². The molecule has 3 rings (SSSR count). The molecule has 1 fully saturated rings. The van der Waals surface area contributed by atoms with E-state index >= 15 is 0 Å². The molecule has 0 N–H and O–H groups in total. The summed E-state index contributed by atoms with van der Waals surface area (Å²) in [6.07, 6.45) is 1.31. The molecule has 2 aromatic carbocycles. The Labute approximate surface area is 154 Å². The number of nitrogens with zero attached hydrogens (tertiary/aromatic N) is 2. The number of halogens is 1. The van der Waals surface area contributed by atoms with E-state index in [-0.39, 0.29) is 11.7 Å². The van der Waals surface area contributed by atoms with Gasteiger partial charge in [-0.1, -0.05) is 30.3 Å². The van der Waals surface area contributed by atoms with Gasteiger partial charge in [0.25, 0.3) is 0 Å². The normalized spacial score (nSPS) is 15.0. The van der Waals surface area contributed by atoms with Gasteiger partial charge in [-0.3, -0.25) is 9.69 Å². The van der Waals surface area contributed by atoms with Gasteiger partial charge >= 0.3 is 0 Å². The van der Waals surface area contributed by atoms with Crippen molar-refractivity contribution in [3.8, 4) is 5.75 Å². The minimum absolute atomic E-state index is 0.152. The zero-order chi connectivity index (χ0) is 18.2. The van der Waals surface area contributed by atoms with E-state index in [2.05, 4.69) is 4.90 Å². The van der Waals surface area contributed by atoms with Crippen LogP contribution < -0.4 is 4.74 Å². The molecule has 1 amide bonds. The molecule has 2 aromatic rings. The smallest absolute Gasteiger partial charge is 0.226 e. The summed E-state index contributed by atoms with van der Waals surface area (Å²) in [5.41, 5.74) is 1.14. The lowest BCUT2D eigenvalue weighted by Gasteiger charge is -2.34. The maximum atomic E-state index is 12.9. The third-order valence-corrected chi connectivity index (χ3v) is 4.68. The lowest BCUT2D eigenvalue weighted by atomic mass is 10.1. The maximum Gasteiger partial charge on any atom is 0.226 e. The van der Waals surface area contributed by atoms with Crippen LogP contribution in [0.1, 0.15) is 12.0 Å². The number of benzene rings is 2. The zero-order valence-electron chi connectivity index (χ0n) is 14.9. The fourth-order valence-corrected chi connectivity index (χ4v) is 3.09. The number of ether oxygens (including phenoxy) is 1. The van der Waals surface area contributed by atoms with Crippen LogP contribution in [0.5, 0.6) is 5.75 Å². The molecule has 0 aliphatic carbocycles. The van der Waals surface area contributed by atoms with Crippen LogP contribution in [0.3, 0.4) is 0 Å². The monoisotopic (exact) mass is 356 g/mol. The molecule has 1 aliphatic rings. The van der Waals surface area contributed by atoms with Crippen molar-refractivity contribution in [3.05, 3.63) is 66.0 Å². The topological polar surface area (TPSA) is 32.8 Å². The van der Waals surface area contributed by atoms with E-state index in [1.54, 1.807) is 0 Å². The van der Waals surface area contributed by atoms with Gasteiger partial charge in [0.2, 0.25) is 5.91 Å². The highest BCUT2D eigenvalue weighted by atomic mass is 19.1. The first-order valence-electron chi connectivity index (χ1n) is 9.13. The van der Waals surface area contributed by atoms with Crippen LogP contribution in [-0.4, -0.2) is 55.0 Å². The summed E-state index contributed by atoms with van der Waals surface area (Å²) in [5.74, 6) is 0.752. The molecule has 5 heteroatoms. The van der Waals surface area contributed by atoms with Crippen molar-refractivity contribution >= 4 is 5.91 Å². The third kappa shape index (κ3) is 5.56. The lowest BCUT2D eigenvalue weighted by molar-refractivity contribution is -0.133. The number of rotatable bonds is 7. The molecule has 26 heavy (non-hydrogen) atoms. The van der Waals surface area contributed by atoms with E-state index in [9.17, 15) is 9.18 Å². The minimum atomic E-state index is -0.197. The number of amides is 1. The van der Waals surface area contributed by atoms with Crippen molar-refractivity contribution in [3.63, 3.8) is 0 Å². The molecule has 0 atom stereocenters. The average molecular weight is 356 g/mol. The molecule has 4 nitrogen and oxygen atoms in total. The van der Waals surface area contributed by atoms with Crippen molar-refractivity contribution in [2.24, 2.45) is 0 Å². The number of carbonyl (C=O) groups excluding carboxylic acids is 1. The zero-order valence-corrected chi connectivity index (χ0v) is 14.9. The Kier molecular flexibility index (Phi) is 6.61. The third-order valence-electron chi connectivity index (χ3n) is 4.68. The van der Waals surface area contributed by atoms with Gasteiger partial charge in [0.15, 0.2) is 0 Å². The first-order chi connectivity index (χ1) is 12.7. The summed E-state index contributed by atoms with van der Waals surface area (Å²) in [4.78, 5) is 16.6. The Morgan fingerprint density at radius 1 is 0.962 bits per heavy atom. The van der Waals surface area contributed by atoms with E-state index < -0.39 is 0 Å². The first kappa shape index (κ1) is 18.4. The molecule has 0 radical (unpaired) electrons. The minimum Gasteiger partial charge on any atom is -0.493 e. The Hall–Kier alpha value is -2.40. The number of hydrogen-bond acceptors (Lipinski definition) is 3. The Balaban J connectivity index is 1.33. The van der Waals surface area contributed by atoms with Gasteiger partial charge in [-0.05, 0) is 36.2 Å². The molecule has 1 saturated heterocycles. The molecular formula is C21H25FN2O2. The van der Waals surface area contributed by atoms with E-state index in [4.69, 9.17) is 4.74 Å². The maximum absolute atomic E-state index is 12.9. The van der Waals surface area contributed by atoms with Crippen LogP contribution >= 0.6 is 0 Å². The second kappa shape index (κ2) is 9.34. The van der Waals surface area contributed by atoms with Crippen LogP contribution in [0.4, 0.5) is 4.39 Å². The Morgan fingerprint density at radius 3 is 2.35 bits per heavy atom. The van der Waals surface area contributed by atoms with E-state index in [1.807, 2.05) is 47.4 Å². The van der Waals surface area contributed by atoms with Gasteiger partial charge < -0.3 is 9.64 Å². The van der Waals surface area contributed by atoms with Crippen LogP contribution in [0.15, 0.2) is 54.6 Å². The van der Waals surface area contributed by atoms with Gasteiger partial charge in [0.05, 0.1) is 13.0 Å². The van der Waals surface area contributed by atoms with E-state index in [1.165, 1.54) is 12.1 Å². The molecule has 0 aromatic heterocycles. The van der Waals surface area contributed by atoms with Crippen LogP contribution in [0.2, 0.25) is 0 Å². The average Bonchev–Trinajstić information content (AvgIpc) is 2.69. The van der Waals surface area contributed by atoms with Crippen molar-refractivity contribution in [2.45, 2.75) is 12.8 Å². The largest absolute Gasteiger partial charge is 0.493 e. The van der Waals surface area contributed by atoms with Gasteiger partial charge in [-0.2, -0.15) is 0 Å². The molecular weight excluding hydrogens is 331 g/mol. The van der Waals surface area contributed by atoms with Gasteiger partial charge in [0.1, 0.15) is 11.6 Å². The standard InChI is InChI=1S/C21H25FN2O2/c22-19-8-6-18(7-9-19)10-12-23-13-15-24(16-14-23)21(25)11-17-26-20-4-2-1-3-5-20/h1-9H,10-17H2. The highest BCUT2D eigenvalue weighted by molar-refractivity contribution is 5.76. The summed E-state index contributed by atoms with van der Waals surface area (Å²) < 4.78 is 18.5. The Bertz CT molecular complexity index is 683. The summed E-state index contributed by atoms with van der Waals surface area (Å²) >= 11 is 0. The van der Waals surface area contributed by atoms with E-state index in [0.717, 1.165) is 50.5 Å².